The molecule has 15 heteroatoms. The molecule has 1 saturated heterocycles. The number of hydrogen-bond acceptors (Lipinski definition) is 10. The molecule has 2 heterocycles. The topological polar surface area (TPSA) is 178 Å². The summed E-state index contributed by atoms with van der Waals surface area (Å²) in [4.78, 5) is 38.0. The molecular formula is C23H31FN3O10P. The van der Waals surface area contributed by atoms with Crippen LogP contribution in [0.3, 0.4) is 0 Å². The number of esters is 1. The second kappa shape index (κ2) is 11.5. The van der Waals surface area contributed by atoms with E-state index >= 15 is 4.39 Å². The Morgan fingerprint density at radius 1 is 1.26 bits per heavy atom. The molecule has 3 rings (SSSR count). The van der Waals surface area contributed by atoms with Gasteiger partial charge in [-0.1, -0.05) is 25.1 Å². The summed E-state index contributed by atoms with van der Waals surface area (Å²) in [6.07, 6.45) is -3.87. The van der Waals surface area contributed by atoms with Gasteiger partial charge in [-0.15, -0.1) is 0 Å². The van der Waals surface area contributed by atoms with Crippen molar-refractivity contribution in [3.8, 4) is 5.75 Å². The highest BCUT2D eigenvalue weighted by Crippen LogP contribution is 2.51. The molecule has 1 aromatic carbocycles. The van der Waals surface area contributed by atoms with E-state index in [-0.39, 0.29) is 12.2 Å². The molecule has 1 fully saturated rings. The molecule has 0 radical (unpaired) electrons. The van der Waals surface area contributed by atoms with Gasteiger partial charge in [-0.05, 0) is 39.3 Å². The number of aromatic nitrogens is 2. The third-order valence-electron chi connectivity index (χ3n) is 5.74. The lowest BCUT2D eigenvalue weighted by Crippen LogP contribution is -2.51. The molecule has 1 unspecified atom stereocenters. The summed E-state index contributed by atoms with van der Waals surface area (Å²) < 4.78 is 51.5. The molecule has 1 aromatic heterocycles. The van der Waals surface area contributed by atoms with E-state index in [1.165, 1.54) is 26.0 Å². The number of aromatic amines is 1. The number of benzene rings is 1. The van der Waals surface area contributed by atoms with Crippen LogP contribution in [-0.2, 0) is 23.4 Å². The lowest BCUT2D eigenvalue weighted by molar-refractivity contribution is -0.204. The molecule has 13 nitrogen and oxygen atoms in total. The van der Waals surface area contributed by atoms with Crippen LogP contribution < -0.4 is 20.9 Å². The number of H-pyrrole nitrogens is 1. The predicted octanol–water partition coefficient (Wildman–Crippen LogP) is 1.37. The van der Waals surface area contributed by atoms with Gasteiger partial charge in [-0.2, -0.15) is 5.09 Å². The second-order valence-electron chi connectivity index (χ2n) is 9.03. The Morgan fingerprint density at radius 3 is 2.50 bits per heavy atom. The van der Waals surface area contributed by atoms with Crippen LogP contribution in [0.25, 0.3) is 0 Å². The van der Waals surface area contributed by atoms with Crippen molar-refractivity contribution < 1.29 is 42.5 Å². The summed E-state index contributed by atoms with van der Waals surface area (Å²) >= 11 is 0. The van der Waals surface area contributed by atoms with Crippen LogP contribution in [0.2, 0.25) is 0 Å². The number of halogens is 1. The molecule has 1 aliphatic rings. The van der Waals surface area contributed by atoms with Crippen LogP contribution in [0.1, 0.15) is 40.3 Å². The Balaban J connectivity index is 1.89. The number of para-hydroxylation sites is 1. The average molecular weight is 559 g/mol. The van der Waals surface area contributed by atoms with Crippen molar-refractivity contribution in [3.05, 3.63) is 63.4 Å². The summed E-state index contributed by atoms with van der Waals surface area (Å²) in [6, 6.07) is 7.42. The minimum absolute atomic E-state index is 0.0521. The first kappa shape index (κ1) is 29.7. The van der Waals surface area contributed by atoms with Crippen LogP contribution in [0.4, 0.5) is 4.39 Å². The first-order valence-corrected chi connectivity index (χ1v) is 13.3. The molecule has 0 bridgehead atoms. The van der Waals surface area contributed by atoms with Gasteiger partial charge in [0.05, 0.1) is 6.10 Å². The van der Waals surface area contributed by atoms with Crippen molar-refractivity contribution in [3.63, 3.8) is 0 Å². The van der Waals surface area contributed by atoms with Gasteiger partial charge in [-0.3, -0.25) is 23.7 Å². The number of aliphatic hydroxyl groups excluding tert-OH is 1. The van der Waals surface area contributed by atoms with Crippen molar-refractivity contribution >= 4 is 13.7 Å². The maximum absolute atomic E-state index is 16.0. The first-order chi connectivity index (χ1) is 17.7. The van der Waals surface area contributed by atoms with Crippen LogP contribution in [0.15, 0.2) is 52.2 Å². The fourth-order valence-electron chi connectivity index (χ4n) is 3.76. The van der Waals surface area contributed by atoms with E-state index in [4.69, 9.17) is 18.5 Å². The molecule has 2 aromatic rings. The zero-order valence-corrected chi connectivity index (χ0v) is 22.1. The molecule has 6 atom stereocenters. The number of carbonyl (C=O) groups is 1. The third kappa shape index (κ3) is 6.40. The van der Waals surface area contributed by atoms with Gasteiger partial charge in [0.1, 0.15) is 30.1 Å². The fourth-order valence-corrected chi connectivity index (χ4v) is 5.26. The highest BCUT2D eigenvalue weighted by molar-refractivity contribution is 7.52. The van der Waals surface area contributed by atoms with Crippen molar-refractivity contribution in [2.24, 2.45) is 0 Å². The average Bonchev–Trinajstić information content (AvgIpc) is 3.05. The maximum Gasteiger partial charge on any atom is 0.459 e. The summed E-state index contributed by atoms with van der Waals surface area (Å²) in [6.45, 7) is 4.72. The van der Waals surface area contributed by atoms with Gasteiger partial charge in [0.15, 0.2) is 6.23 Å². The molecular weight excluding hydrogens is 528 g/mol. The van der Waals surface area contributed by atoms with E-state index in [0.29, 0.717) is 4.57 Å². The number of nitrogens with zero attached hydrogens (tertiary/aromatic N) is 1. The second-order valence-corrected chi connectivity index (χ2v) is 10.7. The summed E-state index contributed by atoms with van der Waals surface area (Å²) in [5.41, 5.74) is -4.12. The number of carbonyl (C=O) groups excluding carboxylic acids is 1. The quantitative estimate of drug-likeness (QED) is 0.231. The zero-order chi connectivity index (χ0) is 28.3. The fraction of sp³-hybridized carbons (Fsp3) is 0.522. The molecule has 0 amide bonds. The number of nitrogens with one attached hydrogen (secondary N) is 2. The summed E-state index contributed by atoms with van der Waals surface area (Å²) in [7, 11) is -4.55. The van der Waals surface area contributed by atoms with E-state index in [0.717, 1.165) is 12.3 Å². The predicted molar refractivity (Wildman–Crippen MR) is 131 cm³/mol. The van der Waals surface area contributed by atoms with Crippen molar-refractivity contribution in [1.29, 1.82) is 0 Å². The largest absolute Gasteiger partial charge is 0.462 e. The smallest absolute Gasteiger partial charge is 0.459 e. The first-order valence-electron chi connectivity index (χ1n) is 11.8. The number of ether oxygens (including phenoxy) is 2. The number of rotatable bonds is 11. The number of hydrogen-bond donors (Lipinski definition) is 4. The number of alkyl halides is 1. The molecule has 4 N–H and O–H groups in total. The van der Waals surface area contributed by atoms with E-state index < -0.39 is 67.5 Å². The minimum Gasteiger partial charge on any atom is -0.462 e. The summed E-state index contributed by atoms with van der Waals surface area (Å²) in [5, 5.41) is 24.2. The molecule has 38 heavy (non-hydrogen) atoms. The molecule has 1 aliphatic heterocycles. The molecule has 0 spiro atoms. The van der Waals surface area contributed by atoms with Crippen LogP contribution in [0, 0.1) is 0 Å². The van der Waals surface area contributed by atoms with E-state index in [9.17, 15) is 29.2 Å². The van der Waals surface area contributed by atoms with Crippen LogP contribution in [0.5, 0.6) is 5.75 Å². The normalized spacial score (nSPS) is 27.6. The van der Waals surface area contributed by atoms with E-state index in [1.807, 2.05) is 4.98 Å². The Morgan fingerprint density at radius 2 is 1.92 bits per heavy atom. The lowest BCUT2D eigenvalue weighted by Gasteiger charge is -2.31. The highest BCUT2D eigenvalue weighted by Gasteiger charge is 2.65. The summed E-state index contributed by atoms with van der Waals surface area (Å²) in [5.74, 6) is -3.94. The minimum atomic E-state index is -4.55. The Bertz CT molecular complexity index is 1290. The Hall–Kier alpha value is -2.87. The molecule has 0 aliphatic carbocycles. The maximum atomic E-state index is 16.0. The van der Waals surface area contributed by atoms with Gasteiger partial charge < -0.3 is 24.2 Å². The SMILES string of the molecule is CC[C@]1(O)[C@H](n2ccc(=O)[nH]c2=O)O[C@](F)(COP(=O)(N[C@@H](C)C(=O)OC(C)C)Oc2ccccc2)[C@H]1O. The van der Waals surface area contributed by atoms with Crippen molar-refractivity contribution in [2.75, 3.05) is 6.61 Å². The van der Waals surface area contributed by atoms with Gasteiger partial charge in [0.2, 0.25) is 0 Å². The third-order valence-corrected chi connectivity index (χ3v) is 7.37. The van der Waals surface area contributed by atoms with E-state index in [1.54, 1.807) is 32.0 Å². The van der Waals surface area contributed by atoms with Gasteiger partial charge in [0, 0.05) is 12.3 Å². The Kier molecular flexibility index (Phi) is 8.97. The number of aliphatic hydroxyl groups is 2. The molecule has 210 valence electrons. The zero-order valence-electron chi connectivity index (χ0n) is 21.2. The van der Waals surface area contributed by atoms with Gasteiger partial charge in [0.25, 0.3) is 11.4 Å². The Labute approximate surface area is 217 Å². The monoisotopic (exact) mass is 559 g/mol. The van der Waals surface area contributed by atoms with Crippen LogP contribution in [-0.4, -0.2) is 62.0 Å². The van der Waals surface area contributed by atoms with Gasteiger partial charge >= 0.3 is 19.4 Å². The highest BCUT2D eigenvalue weighted by atomic mass is 31.2. The van der Waals surface area contributed by atoms with Crippen LogP contribution >= 0.6 is 7.75 Å². The standard InChI is InChI=1S/C23H31FN3O10P/c1-5-22(32)19(30)23(24,36-20(22)27-12-11-17(28)25-21(27)31)13-34-38(33,37-16-9-7-6-8-10-16)26-15(4)18(29)35-14(2)3/h6-12,14-15,19-20,30,32H,5,13H2,1-4H3,(H,26,33)(H,25,28,31)/t15-,19-,20+,22+,23+,38?/m0/s1. The van der Waals surface area contributed by atoms with Crippen molar-refractivity contribution in [2.45, 2.75) is 70.0 Å². The molecule has 0 saturated carbocycles. The van der Waals surface area contributed by atoms with Crippen molar-refractivity contribution in [1.82, 2.24) is 14.6 Å². The van der Waals surface area contributed by atoms with E-state index in [2.05, 4.69) is 5.09 Å². The lowest BCUT2D eigenvalue weighted by atomic mass is 9.90. The van der Waals surface area contributed by atoms with Gasteiger partial charge in [-0.25, -0.2) is 13.8 Å².